The molecule has 0 bridgehead atoms. The Kier molecular flexibility index (Phi) is 5.96. The van der Waals surface area contributed by atoms with Crippen LogP contribution in [0.25, 0.3) is 5.69 Å². The van der Waals surface area contributed by atoms with E-state index < -0.39 is 0 Å². The molecule has 1 aliphatic carbocycles. The molecule has 0 amide bonds. The third-order valence-corrected chi connectivity index (χ3v) is 5.87. The van der Waals surface area contributed by atoms with Gasteiger partial charge in [0.2, 0.25) is 5.95 Å². The van der Waals surface area contributed by atoms with Crippen LogP contribution in [0.4, 0.5) is 11.8 Å². The van der Waals surface area contributed by atoms with E-state index in [9.17, 15) is 4.79 Å². The van der Waals surface area contributed by atoms with Crippen LogP contribution >= 0.6 is 11.6 Å². The van der Waals surface area contributed by atoms with Crippen LogP contribution in [0.1, 0.15) is 19.3 Å². The quantitative estimate of drug-likeness (QED) is 0.591. The smallest absolute Gasteiger partial charge is 0.255 e. The van der Waals surface area contributed by atoms with Crippen molar-refractivity contribution in [2.45, 2.75) is 25.3 Å². The van der Waals surface area contributed by atoms with Gasteiger partial charge in [-0.15, -0.1) is 0 Å². The molecule has 1 saturated carbocycles. The Morgan fingerprint density at radius 1 is 1.13 bits per heavy atom. The first-order valence-electron chi connectivity index (χ1n) is 9.90. The first-order valence-corrected chi connectivity index (χ1v) is 10.3. The normalized spacial score (nSPS) is 18.9. The maximum Gasteiger partial charge on any atom is 0.255 e. The van der Waals surface area contributed by atoms with Gasteiger partial charge in [0.05, 0.1) is 29.3 Å². The lowest BCUT2D eigenvalue weighted by molar-refractivity contribution is 0.161. The van der Waals surface area contributed by atoms with Gasteiger partial charge >= 0.3 is 0 Å². The predicted molar refractivity (Wildman–Crippen MR) is 118 cm³/mol. The number of pyridine rings is 2. The fraction of sp³-hybridized carbons (Fsp3) is 0.333. The molecular weight excluding hydrogens is 402 g/mol. The van der Waals surface area contributed by atoms with Crippen molar-refractivity contribution >= 4 is 23.4 Å². The van der Waals surface area contributed by atoms with Crippen LogP contribution in [-0.4, -0.2) is 38.7 Å². The van der Waals surface area contributed by atoms with E-state index in [1.54, 1.807) is 29.1 Å². The van der Waals surface area contributed by atoms with Crippen LogP contribution in [0.5, 0.6) is 0 Å². The van der Waals surface area contributed by atoms with Gasteiger partial charge in [0.15, 0.2) is 0 Å². The molecule has 0 aromatic carbocycles. The van der Waals surface area contributed by atoms with Crippen molar-refractivity contribution in [2.75, 3.05) is 24.1 Å². The SMILES string of the molecule is Nc1ncc(Cl)cn1.O=c1ccccn1-c1ccc(NC2CCCC23CNC3)nc1. The second-order valence-electron chi connectivity index (χ2n) is 7.63. The van der Waals surface area contributed by atoms with Crippen molar-refractivity contribution in [2.24, 2.45) is 5.41 Å². The summed E-state index contributed by atoms with van der Waals surface area (Å²) in [6.45, 7) is 2.23. The van der Waals surface area contributed by atoms with Crippen LogP contribution in [0.3, 0.4) is 0 Å². The van der Waals surface area contributed by atoms with Crippen molar-refractivity contribution in [1.82, 2.24) is 24.8 Å². The van der Waals surface area contributed by atoms with Crippen molar-refractivity contribution in [3.8, 4) is 5.69 Å². The summed E-state index contributed by atoms with van der Waals surface area (Å²) in [4.78, 5) is 23.5. The number of aromatic nitrogens is 4. The molecule has 2 aliphatic rings. The number of hydrogen-bond donors (Lipinski definition) is 3. The van der Waals surface area contributed by atoms with Gasteiger partial charge in [0.1, 0.15) is 5.82 Å². The van der Waals surface area contributed by atoms with Crippen molar-refractivity contribution in [1.29, 1.82) is 0 Å². The minimum Gasteiger partial charge on any atom is -0.368 e. The Morgan fingerprint density at radius 2 is 1.93 bits per heavy atom. The van der Waals surface area contributed by atoms with E-state index in [2.05, 4.69) is 25.6 Å². The summed E-state index contributed by atoms with van der Waals surface area (Å²) in [7, 11) is 0. The van der Waals surface area contributed by atoms with E-state index >= 15 is 0 Å². The van der Waals surface area contributed by atoms with Gasteiger partial charge < -0.3 is 16.4 Å². The van der Waals surface area contributed by atoms with E-state index in [0.29, 0.717) is 16.5 Å². The highest BCUT2D eigenvalue weighted by molar-refractivity contribution is 6.30. The molecule has 3 aromatic rings. The highest BCUT2D eigenvalue weighted by Crippen LogP contribution is 2.42. The average molecular weight is 426 g/mol. The Labute approximate surface area is 179 Å². The van der Waals surface area contributed by atoms with Crippen LogP contribution in [0, 0.1) is 5.41 Å². The summed E-state index contributed by atoms with van der Waals surface area (Å²) in [6.07, 6.45) is 10.2. The third-order valence-electron chi connectivity index (χ3n) is 5.67. The van der Waals surface area contributed by atoms with Gasteiger partial charge in [-0.25, -0.2) is 15.0 Å². The van der Waals surface area contributed by atoms with Gasteiger partial charge in [-0.05, 0) is 31.0 Å². The highest BCUT2D eigenvalue weighted by atomic mass is 35.5. The Balaban J connectivity index is 0.000000230. The first-order chi connectivity index (χ1) is 14.6. The van der Waals surface area contributed by atoms with E-state index in [4.69, 9.17) is 17.3 Å². The number of nitrogens with zero attached hydrogens (tertiary/aromatic N) is 4. The molecule has 4 heterocycles. The van der Waals surface area contributed by atoms with Crippen LogP contribution in [0.15, 0.2) is 59.9 Å². The molecule has 3 aromatic heterocycles. The number of halogens is 1. The fourth-order valence-electron chi connectivity index (χ4n) is 3.99. The molecular formula is C21H24ClN7O. The second-order valence-corrected chi connectivity index (χ2v) is 8.06. The zero-order valence-electron chi connectivity index (χ0n) is 16.5. The minimum atomic E-state index is -0.0414. The largest absolute Gasteiger partial charge is 0.368 e. The fourth-order valence-corrected chi connectivity index (χ4v) is 4.09. The molecule has 1 saturated heterocycles. The number of nitrogen functional groups attached to an aromatic ring is 1. The van der Waals surface area contributed by atoms with Crippen LogP contribution in [0.2, 0.25) is 5.02 Å². The summed E-state index contributed by atoms with van der Waals surface area (Å²) in [5, 5.41) is 7.49. The van der Waals surface area contributed by atoms with Gasteiger partial charge in [-0.2, -0.15) is 0 Å². The van der Waals surface area contributed by atoms with E-state index in [1.807, 2.05) is 18.2 Å². The first kappa shape index (κ1) is 20.3. The molecule has 9 heteroatoms. The van der Waals surface area contributed by atoms with Gasteiger partial charge in [0, 0.05) is 36.8 Å². The maximum atomic E-state index is 11.8. The second kappa shape index (κ2) is 8.81. The van der Waals surface area contributed by atoms with E-state index in [1.165, 1.54) is 31.7 Å². The van der Waals surface area contributed by atoms with Crippen molar-refractivity contribution < 1.29 is 0 Å². The molecule has 1 spiro atoms. The standard InChI is InChI=1S/C17H20N4O.C4H4ClN3/c22-16-5-1-2-9-21(16)13-6-7-15(19-10-13)20-14-4-3-8-17(14)11-18-12-17;5-3-1-7-4(6)8-2-3/h1-2,5-7,9-10,14,18H,3-4,8,11-12H2,(H,19,20);1-2H,(H2,6,7,8). The van der Waals surface area contributed by atoms with Gasteiger partial charge in [0.25, 0.3) is 5.56 Å². The molecule has 1 aliphatic heterocycles. The van der Waals surface area contributed by atoms with Gasteiger partial charge in [-0.1, -0.05) is 24.1 Å². The third kappa shape index (κ3) is 4.44. The number of anilines is 2. The van der Waals surface area contributed by atoms with Crippen LogP contribution < -0.4 is 21.9 Å². The highest BCUT2D eigenvalue weighted by Gasteiger charge is 2.47. The lowest BCUT2D eigenvalue weighted by Crippen LogP contribution is -2.59. The molecule has 30 heavy (non-hydrogen) atoms. The van der Waals surface area contributed by atoms with Gasteiger partial charge in [-0.3, -0.25) is 9.36 Å². The molecule has 0 radical (unpaired) electrons. The summed E-state index contributed by atoms with van der Waals surface area (Å²) in [6, 6.07) is 9.56. The molecule has 4 N–H and O–H groups in total. The number of hydrogen-bond acceptors (Lipinski definition) is 7. The molecule has 8 nitrogen and oxygen atoms in total. The molecule has 2 fully saturated rings. The molecule has 5 rings (SSSR count). The Hall–Kier alpha value is -2.97. The summed E-state index contributed by atoms with van der Waals surface area (Å²) >= 11 is 5.43. The van der Waals surface area contributed by atoms with Crippen LogP contribution in [-0.2, 0) is 0 Å². The predicted octanol–water partition coefficient (Wildman–Crippen LogP) is 2.50. The monoisotopic (exact) mass is 425 g/mol. The summed E-state index contributed by atoms with van der Waals surface area (Å²) in [5.41, 5.74) is 6.33. The molecule has 1 unspecified atom stereocenters. The zero-order chi connectivity index (χ0) is 21.0. The topological polar surface area (TPSA) is 111 Å². The lowest BCUT2D eigenvalue weighted by atomic mass is 9.77. The Bertz CT molecular complexity index is 1010. The number of rotatable bonds is 3. The molecule has 156 valence electrons. The minimum absolute atomic E-state index is 0.0414. The zero-order valence-corrected chi connectivity index (χ0v) is 17.2. The van der Waals surface area contributed by atoms with E-state index in [-0.39, 0.29) is 11.5 Å². The van der Waals surface area contributed by atoms with Crippen molar-refractivity contribution in [3.63, 3.8) is 0 Å². The number of nitrogens with one attached hydrogen (secondary N) is 2. The maximum absolute atomic E-state index is 11.8. The number of nitrogens with two attached hydrogens (primary N) is 1. The van der Waals surface area contributed by atoms with E-state index in [0.717, 1.165) is 24.6 Å². The molecule has 1 atom stereocenters. The van der Waals surface area contributed by atoms with Crippen molar-refractivity contribution in [3.05, 3.63) is 70.5 Å². The average Bonchev–Trinajstić information content (AvgIpc) is 3.16. The Morgan fingerprint density at radius 3 is 2.53 bits per heavy atom. The lowest BCUT2D eigenvalue weighted by Gasteiger charge is -2.44. The summed E-state index contributed by atoms with van der Waals surface area (Å²) in [5.74, 6) is 1.14. The summed E-state index contributed by atoms with van der Waals surface area (Å²) < 4.78 is 1.60.